The van der Waals surface area contributed by atoms with E-state index in [1.54, 1.807) is 30.3 Å². The van der Waals surface area contributed by atoms with E-state index < -0.39 is 5.82 Å². The van der Waals surface area contributed by atoms with Crippen LogP contribution in [0.15, 0.2) is 66.7 Å². The maximum atomic E-state index is 15.2. The summed E-state index contributed by atoms with van der Waals surface area (Å²) in [4.78, 5) is 0. The Morgan fingerprint density at radius 1 is 0.697 bits per heavy atom. The highest BCUT2D eigenvalue weighted by molar-refractivity contribution is 6.30. The van der Waals surface area contributed by atoms with Crippen molar-refractivity contribution in [3.05, 3.63) is 106 Å². The molecule has 170 valence electrons. The molecule has 0 saturated heterocycles. The summed E-state index contributed by atoms with van der Waals surface area (Å²) in [6.45, 7) is 2.15. The lowest BCUT2D eigenvalue weighted by Gasteiger charge is -2.11. The molecule has 4 rings (SSSR count). The van der Waals surface area contributed by atoms with E-state index in [9.17, 15) is 8.78 Å². The monoisotopic (exact) mass is 466 g/mol. The quantitative estimate of drug-likeness (QED) is 0.227. The number of unbranched alkanes of at least 4 members (excludes halogenated alkanes) is 2. The Bertz CT molecular complexity index is 1280. The van der Waals surface area contributed by atoms with E-state index >= 15 is 4.39 Å². The molecule has 0 aromatic heterocycles. The Hall–Kier alpha value is -2.78. The average Bonchev–Trinajstić information content (AvgIpc) is 2.81. The van der Waals surface area contributed by atoms with Gasteiger partial charge in [0.05, 0.1) is 5.02 Å². The van der Waals surface area contributed by atoms with Crippen molar-refractivity contribution in [3.63, 3.8) is 0 Å². The van der Waals surface area contributed by atoms with E-state index in [0.717, 1.165) is 47.8 Å². The third-order valence-corrected chi connectivity index (χ3v) is 6.42. The summed E-state index contributed by atoms with van der Waals surface area (Å²) in [7, 11) is 0. The normalized spacial score (nSPS) is 11.3. The fourth-order valence-corrected chi connectivity index (χ4v) is 4.32. The van der Waals surface area contributed by atoms with Crippen LogP contribution in [0.4, 0.5) is 13.2 Å². The van der Waals surface area contributed by atoms with Gasteiger partial charge in [-0.3, -0.25) is 0 Å². The molecule has 0 N–H and O–H groups in total. The predicted molar refractivity (Wildman–Crippen MR) is 131 cm³/mol. The Morgan fingerprint density at radius 3 is 2.21 bits per heavy atom. The number of fused-ring (bicyclic) bond motifs is 1. The first-order valence-corrected chi connectivity index (χ1v) is 11.8. The highest BCUT2D eigenvalue weighted by Gasteiger charge is 2.12. The zero-order valence-electron chi connectivity index (χ0n) is 18.6. The van der Waals surface area contributed by atoms with Crippen LogP contribution in [0, 0.1) is 17.5 Å². The molecule has 0 fully saturated rings. The molecule has 0 atom stereocenters. The fourth-order valence-electron chi connectivity index (χ4n) is 4.20. The standard InChI is InChI=1S/C29H26ClF3/c1-2-3-4-5-19-7-13-24(27(31)16-19)22-12-14-25-23(18-22)11-10-21(29(25)33)9-6-20-8-15-26(30)28(32)17-20/h7-8,10-18H,2-6,9H2,1H3. The first-order chi connectivity index (χ1) is 16.0. The molecule has 0 aliphatic carbocycles. The van der Waals surface area contributed by atoms with Crippen molar-refractivity contribution in [1.82, 2.24) is 0 Å². The lowest BCUT2D eigenvalue weighted by molar-refractivity contribution is 0.617. The molecule has 0 unspecified atom stereocenters. The van der Waals surface area contributed by atoms with Crippen LogP contribution in [0.2, 0.25) is 5.02 Å². The first kappa shape index (κ1) is 23.4. The van der Waals surface area contributed by atoms with E-state index in [1.807, 2.05) is 24.3 Å². The summed E-state index contributed by atoms with van der Waals surface area (Å²) in [5.74, 6) is -1.02. The Morgan fingerprint density at radius 2 is 1.45 bits per heavy atom. The molecule has 0 amide bonds. The maximum absolute atomic E-state index is 15.2. The number of hydrogen-bond donors (Lipinski definition) is 0. The Balaban J connectivity index is 1.54. The van der Waals surface area contributed by atoms with Crippen LogP contribution in [0.1, 0.15) is 42.9 Å². The smallest absolute Gasteiger partial charge is 0.142 e. The van der Waals surface area contributed by atoms with Crippen LogP contribution in [-0.4, -0.2) is 0 Å². The molecule has 4 aromatic rings. The van der Waals surface area contributed by atoms with Gasteiger partial charge in [0.25, 0.3) is 0 Å². The SMILES string of the molecule is CCCCCc1ccc(-c2ccc3c(F)c(CCc4ccc(Cl)c(F)c4)ccc3c2)c(F)c1. The van der Waals surface area contributed by atoms with Gasteiger partial charge in [-0.2, -0.15) is 0 Å². The van der Waals surface area contributed by atoms with Crippen LogP contribution >= 0.6 is 11.6 Å². The summed E-state index contributed by atoms with van der Waals surface area (Å²) in [6, 6.07) is 19.0. The molecule has 0 bridgehead atoms. The van der Waals surface area contributed by atoms with E-state index in [0.29, 0.717) is 29.4 Å². The number of halogens is 4. The summed E-state index contributed by atoms with van der Waals surface area (Å²) in [6.07, 6.45) is 5.15. The molecule has 0 radical (unpaired) electrons. The van der Waals surface area contributed by atoms with Crippen molar-refractivity contribution in [1.29, 1.82) is 0 Å². The van der Waals surface area contributed by atoms with E-state index in [-0.39, 0.29) is 16.7 Å². The van der Waals surface area contributed by atoms with Gasteiger partial charge in [0.1, 0.15) is 17.5 Å². The lowest BCUT2D eigenvalue weighted by atomic mass is 9.96. The predicted octanol–water partition coefficient (Wildman–Crippen LogP) is 9.10. The van der Waals surface area contributed by atoms with Crippen molar-refractivity contribution in [2.45, 2.75) is 45.4 Å². The lowest BCUT2D eigenvalue weighted by Crippen LogP contribution is -1.97. The summed E-state index contributed by atoms with van der Waals surface area (Å²) < 4.78 is 43.6. The second-order valence-corrected chi connectivity index (χ2v) is 8.90. The highest BCUT2D eigenvalue weighted by Crippen LogP contribution is 2.30. The minimum atomic E-state index is -0.470. The van der Waals surface area contributed by atoms with Crippen molar-refractivity contribution >= 4 is 22.4 Å². The Labute approximate surface area is 198 Å². The molecule has 4 heteroatoms. The van der Waals surface area contributed by atoms with Crippen molar-refractivity contribution in [3.8, 4) is 11.1 Å². The van der Waals surface area contributed by atoms with Gasteiger partial charge in [-0.25, -0.2) is 13.2 Å². The van der Waals surface area contributed by atoms with Crippen LogP contribution in [0.5, 0.6) is 0 Å². The molecule has 0 aliphatic rings. The van der Waals surface area contributed by atoms with Gasteiger partial charge in [0, 0.05) is 10.9 Å². The van der Waals surface area contributed by atoms with Crippen LogP contribution in [-0.2, 0) is 19.3 Å². The van der Waals surface area contributed by atoms with Gasteiger partial charge in [-0.05, 0) is 77.6 Å². The molecule has 0 nitrogen and oxygen atoms in total. The van der Waals surface area contributed by atoms with Crippen molar-refractivity contribution < 1.29 is 13.2 Å². The molecule has 4 aromatic carbocycles. The number of aryl methyl sites for hydroxylation is 3. The van der Waals surface area contributed by atoms with Crippen LogP contribution < -0.4 is 0 Å². The van der Waals surface area contributed by atoms with Crippen LogP contribution in [0.25, 0.3) is 21.9 Å². The third kappa shape index (κ3) is 5.42. The molecule has 0 saturated carbocycles. The van der Waals surface area contributed by atoms with Crippen molar-refractivity contribution in [2.75, 3.05) is 0 Å². The molecular formula is C29H26ClF3. The second kappa shape index (κ2) is 10.4. The molecule has 0 heterocycles. The Kier molecular flexibility index (Phi) is 7.39. The van der Waals surface area contributed by atoms with Gasteiger partial charge in [0.2, 0.25) is 0 Å². The molecular weight excluding hydrogens is 441 g/mol. The first-order valence-electron chi connectivity index (χ1n) is 11.4. The van der Waals surface area contributed by atoms with Gasteiger partial charge in [-0.15, -0.1) is 0 Å². The zero-order chi connectivity index (χ0) is 23.4. The van der Waals surface area contributed by atoms with Gasteiger partial charge < -0.3 is 0 Å². The average molecular weight is 467 g/mol. The summed E-state index contributed by atoms with van der Waals surface area (Å²) >= 11 is 5.73. The summed E-state index contributed by atoms with van der Waals surface area (Å²) in [5, 5.41) is 1.29. The zero-order valence-corrected chi connectivity index (χ0v) is 19.4. The fraction of sp³-hybridized carbons (Fsp3) is 0.241. The van der Waals surface area contributed by atoms with Gasteiger partial charge in [-0.1, -0.05) is 73.8 Å². The van der Waals surface area contributed by atoms with E-state index in [4.69, 9.17) is 11.6 Å². The molecule has 33 heavy (non-hydrogen) atoms. The van der Waals surface area contributed by atoms with E-state index in [1.165, 1.54) is 12.1 Å². The molecule has 0 aliphatic heterocycles. The largest absolute Gasteiger partial charge is 0.206 e. The molecule has 0 spiro atoms. The summed E-state index contributed by atoms with van der Waals surface area (Å²) in [5.41, 5.74) is 3.57. The maximum Gasteiger partial charge on any atom is 0.142 e. The van der Waals surface area contributed by atoms with Gasteiger partial charge in [0.15, 0.2) is 0 Å². The topological polar surface area (TPSA) is 0 Å². The number of hydrogen-bond acceptors (Lipinski definition) is 0. The van der Waals surface area contributed by atoms with Crippen LogP contribution in [0.3, 0.4) is 0 Å². The van der Waals surface area contributed by atoms with Crippen molar-refractivity contribution in [2.24, 2.45) is 0 Å². The number of benzene rings is 4. The van der Waals surface area contributed by atoms with E-state index in [2.05, 4.69) is 6.92 Å². The number of rotatable bonds is 8. The third-order valence-electron chi connectivity index (χ3n) is 6.11. The highest BCUT2D eigenvalue weighted by atomic mass is 35.5. The minimum Gasteiger partial charge on any atom is -0.206 e. The van der Waals surface area contributed by atoms with Gasteiger partial charge >= 0.3 is 0 Å². The minimum absolute atomic E-state index is 0.0778. The second-order valence-electron chi connectivity index (χ2n) is 8.49.